The molecule has 0 aliphatic heterocycles. The van der Waals surface area contributed by atoms with Gasteiger partial charge in [0.1, 0.15) is 11.5 Å². The van der Waals surface area contributed by atoms with Gasteiger partial charge in [-0.2, -0.15) is 0 Å². The van der Waals surface area contributed by atoms with Crippen molar-refractivity contribution >= 4 is 82.2 Å². The van der Waals surface area contributed by atoms with Gasteiger partial charge in [-0.1, -0.05) is 46.4 Å². The van der Waals surface area contributed by atoms with Crippen molar-refractivity contribution in [3.63, 3.8) is 0 Å². The molecule has 4 aromatic rings. The minimum Gasteiger partial charge on any atom is -0.478 e. The number of rotatable bonds is 8. The molecule has 0 saturated carbocycles. The summed E-state index contributed by atoms with van der Waals surface area (Å²) in [6, 6.07) is 13.6. The number of ether oxygens (including phenoxy) is 3. The number of carbonyl (C=O) groups excluding carboxylic acids is 4. The summed E-state index contributed by atoms with van der Waals surface area (Å²) in [5, 5.41) is 19.8. The summed E-state index contributed by atoms with van der Waals surface area (Å²) in [6.45, 7) is 0. The summed E-state index contributed by atoms with van der Waals surface area (Å²) in [5.41, 5.74) is -2.81. The molecule has 0 aromatic heterocycles. The van der Waals surface area contributed by atoms with E-state index in [1.807, 2.05) is 0 Å². The molecule has 228 valence electrons. The quantitative estimate of drug-likeness (QED) is 0.109. The molecule has 0 saturated heterocycles. The first-order valence-corrected chi connectivity index (χ1v) is 13.6. The number of carboxylic acids is 2. The molecule has 0 radical (unpaired) electrons. The van der Waals surface area contributed by atoms with E-state index in [1.54, 1.807) is 0 Å². The van der Waals surface area contributed by atoms with Crippen LogP contribution >= 0.6 is 46.4 Å². The van der Waals surface area contributed by atoms with E-state index in [-0.39, 0.29) is 42.7 Å². The van der Waals surface area contributed by atoms with E-state index in [1.165, 1.54) is 36.4 Å². The van der Waals surface area contributed by atoms with Gasteiger partial charge in [0, 0.05) is 10.0 Å². The number of esters is 4. The molecule has 0 aliphatic rings. The van der Waals surface area contributed by atoms with Crippen LogP contribution in [-0.2, 0) is 4.74 Å². The van der Waals surface area contributed by atoms with Crippen LogP contribution in [0.5, 0.6) is 11.5 Å². The van der Waals surface area contributed by atoms with E-state index < -0.39 is 58.1 Å². The predicted molar refractivity (Wildman–Crippen MR) is 159 cm³/mol. The van der Waals surface area contributed by atoms with E-state index in [0.29, 0.717) is 0 Å². The molecule has 0 bridgehead atoms. The topological polar surface area (TPSA) is 171 Å². The number of hydrogen-bond acceptors (Lipinski definition) is 9. The number of carbonyl (C=O) groups is 6. The maximum atomic E-state index is 12.8. The fourth-order valence-electron chi connectivity index (χ4n) is 3.71. The molecule has 0 unspecified atom stereocenters. The Labute approximate surface area is 272 Å². The molecule has 0 amide bonds. The van der Waals surface area contributed by atoms with Gasteiger partial charge < -0.3 is 24.4 Å². The highest BCUT2D eigenvalue weighted by atomic mass is 35.5. The maximum absolute atomic E-state index is 12.8. The van der Waals surface area contributed by atoms with E-state index >= 15 is 0 Å². The van der Waals surface area contributed by atoms with Crippen molar-refractivity contribution in [2.45, 2.75) is 0 Å². The zero-order valence-electron chi connectivity index (χ0n) is 22.0. The number of benzene rings is 4. The number of halogens is 4. The lowest BCUT2D eigenvalue weighted by Gasteiger charge is -2.11. The molecule has 0 spiro atoms. The van der Waals surface area contributed by atoms with E-state index in [4.69, 9.17) is 60.6 Å². The van der Waals surface area contributed by atoms with E-state index in [0.717, 1.165) is 36.4 Å². The third-order valence-electron chi connectivity index (χ3n) is 5.79. The third-order valence-corrected chi connectivity index (χ3v) is 6.89. The lowest BCUT2D eigenvalue weighted by molar-refractivity contribution is 0.0386. The molecular weight excluding hydrogens is 678 g/mol. The summed E-state index contributed by atoms with van der Waals surface area (Å²) in [4.78, 5) is 74.4. The Morgan fingerprint density at radius 1 is 0.444 bits per heavy atom. The largest absolute Gasteiger partial charge is 0.478 e. The van der Waals surface area contributed by atoms with Crippen LogP contribution < -0.4 is 9.47 Å². The Morgan fingerprint density at radius 3 is 1.13 bits per heavy atom. The Kier molecular flexibility index (Phi) is 10.1. The van der Waals surface area contributed by atoms with Crippen LogP contribution in [0.1, 0.15) is 62.1 Å². The van der Waals surface area contributed by atoms with Crippen molar-refractivity contribution in [1.29, 1.82) is 0 Å². The maximum Gasteiger partial charge on any atom is 0.346 e. The van der Waals surface area contributed by atoms with Gasteiger partial charge in [-0.05, 0) is 72.8 Å². The van der Waals surface area contributed by atoms with Crippen LogP contribution in [0.4, 0.5) is 0 Å². The minimum atomic E-state index is -1.64. The average Bonchev–Trinajstić information content (AvgIpc) is 2.96. The van der Waals surface area contributed by atoms with Gasteiger partial charge in [-0.25, -0.2) is 28.8 Å². The SMILES string of the molecule is O=C(Oc1ccc(C(=O)OC(=O)c2ccc(OC(=O)c3ccc(Cl)cc3Cl)cc2C(=O)O)c(C(=O)O)c1)c1ccc(Cl)cc1Cl. The second kappa shape index (κ2) is 13.8. The molecule has 2 N–H and O–H groups in total. The highest BCUT2D eigenvalue weighted by molar-refractivity contribution is 6.37. The lowest BCUT2D eigenvalue weighted by Crippen LogP contribution is -2.19. The second-order valence-electron chi connectivity index (χ2n) is 8.73. The monoisotopic (exact) mass is 690 g/mol. The second-order valence-corrected chi connectivity index (χ2v) is 10.4. The molecule has 0 heterocycles. The fourth-order valence-corrected chi connectivity index (χ4v) is 4.68. The first kappa shape index (κ1) is 33.0. The molecule has 4 aromatic carbocycles. The van der Waals surface area contributed by atoms with Crippen LogP contribution in [0.25, 0.3) is 0 Å². The molecule has 4 rings (SSSR count). The van der Waals surface area contributed by atoms with Gasteiger partial charge in [-0.15, -0.1) is 0 Å². The summed E-state index contributed by atoms with van der Waals surface area (Å²) < 4.78 is 15.1. The van der Waals surface area contributed by atoms with Crippen molar-refractivity contribution < 1.29 is 53.2 Å². The Balaban J connectivity index is 1.53. The molecule has 0 fully saturated rings. The molecule has 11 nitrogen and oxygen atoms in total. The third kappa shape index (κ3) is 7.78. The van der Waals surface area contributed by atoms with E-state index in [2.05, 4.69) is 0 Å². The van der Waals surface area contributed by atoms with Crippen LogP contribution in [0.2, 0.25) is 20.1 Å². The van der Waals surface area contributed by atoms with Gasteiger partial charge in [0.25, 0.3) is 0 Å². The van der Waals surface area contributed by atoms with Gasteiger partial charge in [0.05, 0.1) is 43.4 Å². The number of hydrogen-bond donors (Lipinski definition) is 2. The smallest absolute Gasteiger partial charge is 0.346 e. The highest BCUT2D eigenvalue weighted by Crippen LogP contribution is 2.27. The first-order valence-electron chi connectivity index (χ1n) is 12.1. The Hall–Kier alpha value is -4.94. The van der Waals surface area contributed by atoms with Crippen LogP contribution in [0.3, 0.4) is 0 Å². The normalized spacial score (nSPS) is 10.5. The Bertz CT molecular complexity index is 1780. The fraction of sp³-hybridized carbons (Fsp3) is 0. The average molecular weight is 692 g/mol. The van der Waals surface area contributed by atoms with Crippen LogP contribution in [0.15, 0.2) is 72.8 Å². The molecule has 45 heavy (non-hydrogen) atoms. The van der Waals surface area contributed by atoms with Gasteiger partial charge in [0.2, 0.25) is 0 Å². The van der Waals surface area contributed by atoms with Crippen LogP contribution in [-0.4, -0.2) is 46.0 Å². The summed E-state index contributed by atoms with van der Waals surface area (Å²) in [7, 11) is 0. The number of aromatic carboxylic acids is 2. The van der Waals surface area contributed by atoms with Gasteiger partial charge >= 0.3 is 35.8 Å². The van der Waals surface area contributed by atoms with Crippen molar-refractivity contribution in [1.82, 2.24) is 0 Å². The van der Waals surface area contributed by atoms with Gasteiger partial charge in [0.15, 0.2) is 0 Å². The van der Waals surface area contributed by atoms with Gasteiger partial charge in [-0.3, -0.25) is 0 Å². The summed E-state index contributed by atoms with van der Waals surface area (Å²) >= 11 is 23.6. The standard InChI is InChI=1S/C30H14Cl4O11/c31-13-1-5-19(23(33)9-13)29(41)43-15-3-7-17(21(11-15)25(35)36)27(39)45-28(40)18-8-4-16(12-22(18)26(37)38)44-30(42)20-6-2-14(32)10-24(20)34/h1-12H,(H,35,36)(H,37,38). The first-order chi connectivity index (χ1) is 21.2. The molecule has 15 heteroatoms. The van der Waals surface area contributed by atoms with Crippen molar-refractivity contribution in [3.8, 4) is 11.5 Å². The van der Waals surface area contributed by atoms with Crippen molar-refractivity contribution in [2.75, 3.05) is 0 Å². The highest BCUT2D eigenvalue weighted by Gasteiger charge is 2.26. The van der Waals surface area contributed by atoms with Crippen molar-refractivity contribution in [2.24, 2.45) is 0 Å². The lowest BCUT2D eigenvalue weighted by atomic mass is 10.1. The Morgan fingerprint density at radius 2 is 0.800 bits per heavy atom. The summed E-state index contributed by atoms with van der Waals surface area (Å²) in [5.74, 6) is -8.69. The molecule has 0 atom stereocenters. The van der Waals surface area contributed by atoms with E-state index in [9.17, 15) is 39.0 Å². The van der Waals surface area contributed by atoms with Crippen LogP contribution in [0, 0.1) is 0 Å². The molecular formula is C30H14Cl4O11. The molecule has 0 aliphatic carbocycles. The number of carboxylic acid groups (broad SMARTS) is 2. The minimum absolute atomic E-state index is 0.0254. The zero-order valence-corrected chi connectivity index (χ0v) is 25.0. The zero-order chi connectivity index (χ0) is 33.0. The predicted octanol–water partition coefficient (Wildman–Crippen LogP) is 7.13. The van der Waals surface area contributed by atoms with Crippen molar-refractivity contribution in [3.05, 3.63) is 126 Å². The summed E-state index contributed by atoms with van der Waals surface area (Å²) in [6.07, 6.45) is 0.